The Kier molecular flexibility index (Phi) is 4.17. The molecule has 0 aliphatic rings. The van der Waals surface area contributed by atoms with Gasteiger partial charge in [-0.1, -0.05) is 30.4 Å². The molecule has 2 rings (SSSR count). The number of hydrogen-bond acceptors (Lipinski definition) is 4. The van der Waals surface area contributed by atoms with E-state index in [1.807, 2.05) is 0 Å². The van der Waals surface area contributed by atoms with Crippen LogP contribution in [0.5, 0.6) is 0 Å². The number of nitrogens with two attached hydrogens (primary N) is 1. The quantitative estimate of drug-likeness (QED) is 0.786. The summed E-state index contributed by atoms with van der Waals surface area (Å²) in [7, 11) is -1.91. The van der Waals surface area contributed by atoms with Crippen LogP contribution < -0.4 is 10.5 Å². The molecular formula is C12H14N4O2S2. The van der Waals surface area contributed by atoms with E-state index in [4.69, 9.17) is 18.0 Å². The predicted octanol–water partition coefficient (Wildman–Crippen LogP) is 0.533. The first-order valence-corrected chi connectivity index (χ1v) is 7.65. The van der Waals surface area contributed by atoms with E-state index in [1.165, 1.54) is 17.1 Å². The summed E-state index contributed by atoms with van der Waals surface area (Å²) in [5, 5.41) is 3.84. The van der Waals surface area contributed by atoms with Gasteiger partial charge >= 0.3 is 0 Å². The molecule has 1 aromatic heterocycles. The van der Waals surface area contributed by atoms with Crippen LogP contribution in [-0.2, 0) is 23.6 Å². The fourth-order valence-electron chi connectivity index (χ4n) is 1.63. The molecule has 20 heavy (non-hydrogen) atoms. The molecule has 0 fully saturated rings. The van der Waals surface area contributed by atoms with Crippen LogP contribution in [0.4, 0.5) is 0 Å². The van der Waals surface area contributed by atoms with E-state index in [-0.39, 0.29) is 16.4 Å². The van der Waals surface area contributed by atoms with Crippen molar-refractivity contribution >= 4 is 27.2 Å². The maximum Gasteiger partial charge on any atom is 0.243 e. The van der Waals surface area contributed by atoms with E-state index in [0.717, 1.165) is 5.56 Å². The third-order valence-electron chi connectivity index (χ3n) is 2.67. The third-order valence-corrected chi connectivity index (χ3v) is 4.26. The molecule has 8 heteroatoms. The van der Waals surface area contributed by atoms with E-state index in [1.54, 1.807) is 31.3 Å². The number of rotatable bonds is 5. The lowest BCUT2D eigenvalue weighted by Crippen LogP contribution is -2.23. The highest BCUT2D eigenvalue weighted by Gasteiger charge is 2.15. The van der Waals surface area contributed by atoms with Crippen LogP contribution in [0, 0.1) is 0 Å². The minimum absolute atomic E-state index is 0.130. The molecule has 0 aliphatic carbocycles. The molecule has 106 valence electrons. The summed E-state index contributed by atoms with van der Waals surface area (Å²) in [4.78, 5) is 0.410. The first kappa shape index (κ1) is 14.6. The first-order chi connectivity index (χ1) is 9.38. The fraction of sp³-hybridized carbons (Fsp3) is 0.167. The summed E-state index contributed by atoms with van der Waals surface area (Å²) in [6.07, 6.45) is 2.74. The van der Waals surface area contributed by atoms with Gasteiger partial charge in [0.25, 0.3) is 0 Å². The van der Waals surface area contributed by atoms with E-state index in [9.17, 15) is 8.42 Å². The topological polar surface area (TPSA) is 90.0 Å². The maximum absolute atomic E-state index is 12.0. The van der Waals surface area contributed by atoms with Crippen LogP contribution in [-0.4, -0.2) is 23.2 Å². The average Bonchev–Trinajstić information content (AvgIpc) is 2.84. The largest absolute Gasteiger partial charge is 0.389 e. The van der Waals surface area contributed by atoms with Gasteiger partial charge < -0.3 is 5.73 Å². The number of benzene rings is 1. The molecule has 0 saturated heterocycles. The molecule has 0 amide bonds. The highest BCUT2D eigenvalue weighted by Crippen LogP contribution is 2.09. The molecule has 0 saturated carbocycles. The molecule has 0 spiro atoms. The molecule has 0 radical (unpaired) electrons. The minimum Gasteiger partial charge on any atom is -0.389 e. The van der Waals surface area contributed by atoms with Crippen molar-refractivity contribution in [1.29, 1.82) is 0 Å². The fourth-order valence-corrected chi connectivity index (χ4v) is 2.76. The van der Waals surface area contributed by atoms with Gasteiger partial charge in [0.1, 0.15) is 9.88 Å². The number of aromatic nitrogens is 2. The van der Waals surface area contributed by atoms with Gasteiger partial charge in [0.05, 0.1) is 6.20 Å². The van der Waals surface area contributed by atoms with Gasteiger partial charge in [0.15, 0.2) is 0 Å². The Balaban J connectivity index is 2.12. The van der Waals surface area contributed by atoms with Crippen LogP contribution in [0.3, 0.4) is 0 Å². The minimum atomic E-state index is -3.57. The van der Waals surface area contributed by atoms with E-state index >= 15 is 0 Å². The van der Waals surface area contributed by atoms with Gasteiger partial charge in [-0.15, -0.1) is 0 Å². The number of nitrogens with one attached hydrogen (secondary N) is 1. The summed E-state index contributed by atoms with van der Waals surface area (Å²) in [5.41, 5.74) is 7.03. The van der Waals surface area contributed by atoms with Crippen molar-refractivity contribution in [3.8, 4) is 0 Å². The molecule has 1 aromatic carbocycles. The average molecular weight is 310 g/mol. The van der Waals surface area contributed by atoms with Crippen molar-refractivity contribution in [3.05, 3.63) is 47.8 Å². The van der Waals surface area contributed by atoms with Gasteiger partial charge in [-0.3, -0.25) is 4.68 Å². The van der Waals surface area contributed by atoms with Crippen molar-refractivity contribution in [3.63, 3.8) is 0 Å². The lowest BCUT2D eigenvalue weighted by molar-refractivity contribution is 0.581. The highest BCUT2D eigenvalue weighted by atomic mass is 32.2. The molecule has 0 bridgehead atoms. The van der Waals surface area contributed by atoms with Crippen molar-refractivity contribution in [2.24, 2.45) is 12.8 Å². The lowest BCUT2D eigenvalue weighted by Gasteiger charge is -2.06. The standard InChI is InChI=1S/C12H14N4O2S2/c1-16-8-11(7-14-16)20(17,18)15-6-9-3-2-4-10(5-9)12(13)19/h2-5,7-8,15H,6H2,1H3,(H2,13,19). The van der Waals surface area contributed by atoms with Crippen LogP contribution in [0.25, 0.3) is 0 Å². The van der Waals surface area contributed by atoms with Gasteiger partial charge in [-0.25, -0.2) is 13.1 Å². The van der Waals surface area contributed by atoms with Crippen LogP contribution >= 0.6 is 12.2 Å². The number of thiocarbonyl (C=S) groups is 1. The second-order valence-electron chi connectivity index (χ2n) is 4.24. The van der Waals surface area contributed by atoms with Gasteiger partial charge in [0.2, 0.25) is 10.0 Å². The number of sulfonamides is 1. The van der Waals surface area contributed by atoms with Gasteiger partial charge in [-0.05, 0) is 11.6 Å². The lowest BCUT2D eigenvalue weighted by atomic mass is 10.1. The zero-order chi connectivity index (χ0) is 14.8. The van der Waals surface area contributed by atoms with Gasteiger partial charge in [-0.2, -0.15) is 5.10 Å². The molecule has 1 heterocycles. The maximum atomic E-state index is 12.0. The summed E-state index contributed by atoms with van der Waals surface area (Å²) in [6.45, 7) is 0.160. The van der Waals surface area contributed by atoms with Crippen molar-refractivity contribution in [2.75, 3.05) is 0 Å². The molecular weight excluding hydrogens is 296 g/mol. The Hall–Kier alpha value is -1.77. The molecule has 6 nitrogen and oxygen atoms in total. The monoisotopic (exact) mass is 310 g/mol. The van der Waals surface area contributed by atoms with E-state index in [0.29, 0.717) is 5.56 Å². The highest BCUT2D eigenvalue weighted by molar-refractivity contribution is 7.89. The van der Waals surface area contributed by atoms with Crippen LogP contribution in [0.1, 0.15) is 11.1 Å². The van der Waals surface area contributed by atoms with Crippen molar-refractivity contribution in [1.82, 2.24) is 14.5 Å². The molecule has 2 aromatic rings. The summed E-state index contributed by atoms with van der Waals surface area (Å²) in [5.74, 6) is 0. The summed E-state index contributed by atoms with van der Waals surface area (Å²) < 4.78 is 28.0. The van der Waals surface area contributed by atoms with E-state index in [2.05, 4.69) is 9.82 Å². The summed E-state index contributed by atoms with van der Waals surface area (Å²) >= 11 is 4.89. The van der Waals surface area contributed by atoms with Crippen molar-refractivity contribution in [2.45, 2.75) is 11.4 Å². The second-order valence-corrected chi connectivity index (χ2v) is 6.45. The molecule has 0 aliphatic heterocycles. The van der Waals surface area contributed by atoms with E-state index < -0.39 is 10.0 Å². The normalized spacial score (nSPS) is 11.4. The Morgan fingerprint density at radius 2 is 2.25 bits per heavy atom. The third kappa shape index (κ3) is 3.41. The Labute approximate surface area is 122 Å². The number of hydrogen-bond donors (Lipinski definition) is 2. The Morgan fingerprint density at radius 3 is 2.85 bits per heavy atom. The molecule has 0 atom stereocenters. The Morgan fingerprint density at radius 1 is 1.50 bits per heavy atom. The molecule has 0 unspecified atom stereocenters. The molecule has 3 N–H and O–H groups in total. The van der Waals surface area contributed by atoms with Crippen LogP contribution in [0.15, 0.2) is 41.6 Å². The zero-order valence-corrected chi connectivity index (χ0v) is 12.4. The zero-order valence-electron chi connectivity index (χ0n) is 10.8. The number of aryl methyl sites for hydroxylation is 1. The van der Waals surface area contributed by atoms with Gasteiger partial charge in [0, 0.05) is 25.4 Å². The summed E-state index contributed by atoms with van der Waals surface area (Å²) in [6, 6.07) is 7.12. The second kappa shape index (κ2) is 5.70. The van der Waals surface area contributed by atoms with Crippen LogP contribution in [0.2, 0.25) is 0 Å². The predicted molar refractivity (Wildman–Crippen MR) is 79.6 cm³/mol. The smallest absolute Gasteiger partial charge is 0.243 e. The SMILES string of the molecule is Cn1cc(S(=O)(=O)NCc2cccc(C(N)=S)c2)cn1. The first-order valence-electron chi connectivity index (χ1n) is 5.75. The number of nitrogens with zero attached hydrogens (tertiary/aromatic N) is 2. The Bertz CT molecular complexity index is 737. The van der Waals surface area contributed by atoms with Crippen molar-refractivity contribution < 1.29 is 8.42 Å².